The summed E-state index contributed by atoms with van der Waals surface area (Å²) in [6, 6.07) is 10.9. The van der Waals surface area contributed by atoms with E-state index in [1.165, 1.54) is 18.4 Å². The highest BCUT2D eigenvalue weighted by Gasteiger charge is 2.12. The highest BCUT2D eigenvalue weighted by Crippen LogP contribution is 2.23. The van der Waals surface area contributed by atoms with Gasteiger partial charge in [0.2, 0.25) is 5.95 Å². The fraction of sp³-hybridized carbons (Fsp3) is 0.467. The molecule has 1 heterocycles. The Morgan fingerprint density at radius 1 is 1.15 bits per heavy atom. The fourth-order valence-corrected chi connectivity index (χ4v) is 3.18. The molecule has 108 valence electrons. The highest BCUT2D eigenvalue weighted by atomic mass is 32.2. The van der Waals surface area contributed by atoms with Crippen molar-refractivity contribution >= 4 is 17.7 Å². The predicted molar refractivity (Wildman–Crippen MR) is 84.9 cm³/mol. The van der Waals surface area contributed by atoms with Crippen LogP contribution in [0.25, 0.3) is 0 Å². The van der Waals surface area contributed by atoms with Crippen molar-refractivity contribution in [2.45, 2.75) is 44.3 Å². The Hall–Kier alpha value is -1.49. The first-order valence-electron chi connectivity index (χ1n) is 7.05. The van der Waals surface area contributed by atoms with E-state index in [1.807, 2.05) is 4.57 Å². The van der Waals surface area contributed by atoms with Gasteiger partial charge in [0.05, 0.1) is 0 Å². The SMILES string of the molecule is CC(C)n1c(N)nnc1SCCCCc1ccccc1. The van der Waals surface area contributed by atoms with Gasteiger partial charge in [-0.05, 0) is 38.7 Å². The average molecular weight is 290 g/mol. The van der Waals surface area contributed by atoms with Gasteiger partial charge in [-0.15, -0.1) is 10.2 Å². The second-order valence-electron chi connectivity index (χ2n) is 5.10. The Labute approximate surface area is 124 Å². The second-order valence-corrected chi connectivity index (χ2v) is 6.16. The van der Waals surface area contributed by atoms with E-state index >= 15 is 0 Å². The van der Waals surface area contributed by atoms with Gasteiger partial charge in [0.25, 0.3) is 0 Å². The van der Waals surface area contributed by atoms with Crippen molar-refractivity contribution in [3.63, 3.8) is 0 Å². The summed E-state index contributed by atoms with van der Waals surface area (Å²) in [5, 5.41) is 9.03. The minimum Gasteiger partial charge on any atom is -0.368 e. The van der Waals surface area contributed by atoms with E-state index in [1.54, 1.807) is 11.8 Å². The molecule has 2 N–H and O–H groups in total. The molecule has 0 aliphatic carbocycles. The van der Waals surface area contributed by atoms with Crippen molar-refractivity contribution in [1.29, 1.82) is 0 Å². The molecule has 0 saturated carbocycles. The molecule has 0 aliphatic rings. The van der Waals surface area contributed by atoms with E-state index in [-0.39, 0.29) is 0 Å². The number of nitrogens with two attached hydrogens (primary N) is 1. The first-order chi connectivity index (χ1) is 9.68. The van der Waals surface area contributed by atoms with Crippen LogP contribution in [0.3, 0.4) is 0 Å². The van der Waals surface area contributed by atoms with Gasteiger partial charge < -0.3 is 5.73 Å². The van der Waals surface area contributed by atoms with E-state index < -0.39 is 0 Å². The van der Waals surface area contributed by atoms with Gasteiger partial charge in [0.15, 0.2) is 5.16 Å². The van der Waals surface area contributed by atoms with Gasteiger partial charge in [-0.2, -0.15) is 0 Å². The van der Waals surface area contributed by atoms with Crippen LogP contribution in [0.2, 0.25) is 0 Å². The zero-order valence-electron chi connectivity index (χ0n) is 12.1. The largest absolute Gasteiger partial charge is 0.368 e. The molecule has 0 spiro atoms. The highest BCUT2D eigenvalue weighted by molar-refractivity contribution is 7.99. The molecule has 2 aromatic rings. The molecule has 0 atom stereocenters. The summed E-state index contributed by atoms with van der Waals surface area (Å²) in [5.74, 6) is 1.56. The zero-order valence-corrected chi connectivity index (χ0v) is 12.9. The van der Waals surface area contributed by atoms with Crippen LogP contribution in [0.4, 0.5) is 5.95 Å². The number of rotatable bonds is 7. The van der Waals surface area contributed by atoms with Crippen LogP contribution in [0.1, 0.15) is 38.3 Å². The molecule has 0 aliphatic heterocycles. The first-order valence-corrected chi connectivity index (χ1v) is 8.04. The number of hydrogen-bond acceptors (Lipinski definition) is 4. The molecule has 1 aromatic carbocycles. The Morgan fingerprint density at radius 2 is 1.90 bits per heavy atom. The third-order valence-corrected chi connectivity index (χ3v) is 4.17. The Morgan fingerprint density at radius 3 is 2.60 bits per heavy atom. The van der Waals surface area contributed by atoms with E-state index in [2.05, 4.69) is 54.4 Å². The summed E-state index contributed by atoms with van der Waals surface area (Å²) < 4.78 is 1.99. The van der Waals surface area contributed by atoms with Gasteiger partial charge in [-0.1, -0.05) is 42.1 Å². The number of nitrogens with zero attached hydrogens (tertiary/aromatic N) is 3. The maximum Gasteiger partial charge on any atom is 0.222 e. The normalized spacial score (nSPS) is 11.2. The molecule has 0 radical (unpaired) electrons. The molecular formula is C15H22N4S. The summed E-state index contributed by atoms with van der Waals surface area (Å²) in [6.07, 6.45) is 3.51. The maximum atomic E-state index is 5.82. The number of hydrogen-bond donors (Lipinski definition) is 1. The van der Waals surface area contributed by atoms with E-state index in [0.29, 0.717) is 12.0 Å². The minimum atomic E-state index is 0.303. The van der Waals surface area contributed by atoms with Crippen molar-refractivity contribution in [3.8, 4) is 0 Å². The van der Waals surface area contributed by atoms with Gasteiger partial charge in [0, 0.05) is 11.8 Å². The maximum absolute atomic E-state index is 5.82. The minimum absolute atomic E-state index is 0.303. The van der Waals surface area contributed by atoms with Crippen LogP contribution >= 0.6 is 11.8 Å². The Balaban J connectivity index is 1.74. The van der Waals surface area contributed by atoms with Crippen LogP contribution in [0, 0.1) is 0 Å². The molecule has 1 aromatic heterocycles. The quantitative estimate of drug-likeness (QED) is 0.626. The molecule has 2 rings (SSSR count). The number of aromatic nitrogens is 3. The standard InChI is InChI=1S/C15H22N4S/c1-12(2)19-14(16)17-18-15(19)20-11-7-6-10-13-8-4-3-5-9-13/h3-5,8-9,12H,6-7,10-11H2,1-2H3,(H2,16,17). The molecule has 0 fully saturated rings. The number of thioether (sulfide) groups is 1. The summed E-state index contributed by atoms with van der Waals surface area (Å²) in [7, 11) is 0. The van der Waals surface area contributed by atoms with Crippen molar-refractivity contribution in [2.24, 2.45) is 0 Å². The number of unbranched alkanes of at least 4 members (excludes halogenated alkanes) is 1. The molecule has 5 heteroatoms. The van der Waals surface area contributed by atoms with Crippen LogP contribution in [0.15, 0.2) is 35.5 Å². The molecule has 4 nitrogen and oxygen atoms in total. The Bertz CT molecular complexity index is 522. The lowest BCUT2D eigenvalue weighted by atomic mass is 10.1. The Kier molecular flexibility index (Phi) is 5.47. The summed E-state index contributed by atoms with van der Waals surface area (Å²) in [5.41, 5.74) is 7.23. The molecule has 0 saturated heterocycles. The van der Waals surface area contributed by atoms with Gasteiger partial charge >= 0.3 is 0 Å². The van der Waals surface area contributed by atoms with Gasteiger partial charge in [-0.3, -0.25) is 4.57 Å². The molecular weight excluding hydrogens is 268 g/mol. The molecule has 20 heavy (non-hydrogen) atoms. The predicted octanol–water partition coefficient (Wildman–Crippen LogP) is 3.56. The number of nitrogen functional groups attached to an aromatic ring is 1. The summed E-state index contributed by atoms with van der Waals surface area (Å²) >= 11 is 1.74. The summed E-state index contributed by atoms with van der Waals surface area (Å²) in [4.78, 5) is 0. The van der Waals surface area contributed by atoms with Crippen molar-refractivity contribution in [2.75, 3.05) is 11.5 Å². The van der Waals surface area contributed by atoms with Crippen molar-refractivity contribution < 1.29 is 0 Å². The van der Waals surface area contributed by atoms with E-state index in [0.717, 1.165) is 17.3 Å². The third kappa shape index (κ3) is 4.00. The van der Waals surface area contributed by atoms with Gasteiger partial charge in [0.1, 0.15) is 0 Å². The third-order valence-electron chi connectivity index (χ3n) is 3.14. The van der Waals surface area contributed by atoms with Crippen LogP contribution in [-0.4, -0.2) is 20.5 Å². The number of anilines is 1. The van der Waals surface area contributed by atoms with E-state index in [9.17, 15) is 0 Å². The fourth-order valence-electron chi connectivity index (χ4n) is 2.11. The van der Waals surface area contributed by atoms with Crippen LogP contribution in [-0.2, 0) is 6.42 Å². The average Bonchev–Trinajstić information content (AvgIpc) is 2.81. The zero-order chi connectivity index (χ0) is 14.4. The molecule has 0 bridgehead atoms. The van der Waals surface area contributed by atoms with Crippen LogP contribution in [0.5, 0.6) is 0 Å². The number of aryl methyl sites for hydroxylation is 1. The molecule has 0 amide bonds. The van der Waals surface area contributed by atoms with Crippen molar-refractivity contribution in [3.05, 3.63) is 35.9 Å². The van der Waals surface area contributed by atoms with Crippen molar-refractivity contribution in [1.82, 2.24) is 14.8 Å². The smallest absolute Gasteiger partial charge is 0.222 e. The van der Waals surface area contributed by atoms with E-state index in [4.69, 9.17) is 5.73 Å². The monoisotopic (exact) mass is 290 g/mol. The number of benzene rings is 1. The first kappa shape index (κ1) is 14.9. The second kappa shape index (κ2) is 7.33. The summed E-state index contributed by atoms with van der Waals surface area (Å²) in [6.45, 7) is 4.19. The molecule has 0 unspecified atom stereocenters. The lowest BCUT2D eigenvalue weighted by Crippen LogP contribution is -2.07. The van der Waals surface area contributed by atoms with Crippen LogP contribution < -0.4 is 5.73 Å². The van der Waals surface area contributed by atoms with Gasteiger partial charge in [-0.25, -0.2) is 0 Å². The topological polar surface area (TPSA) is 56.7 Å². The lowest BCUT2D eigenvalue weighted by Gasteiger charge is -2.11. The lowest BCUT2D eigenvalue weighted by molar-refractivity contribution is 0.557.